The van der Waals surface area contributed by atoms with E-state index in [0.717, 1.165) is 50.5 Å². The van der Waals surface area contributed by atoms with E-state index in [1.54, 1.807) is 0 Å². The average Bonchev–Trinajstić information content (AvgIpc) is 2.52. The van der Waals surface area contributed by atoms with Gasteiger partial charge in [-0.25, -0.2) is 0 Å². The normalized spacial score (nSPS) is 24.0. The smallest absolute Gasteiger partial charge is 0.227 e. The summed E-state index contributed by atoms with van der Waals surface area (Å²) in [5, 5.41) is 14.1. The molecule has 0 radical (unpaired) electrons. The maximum atomic E-state index is 12.1. The third-order valence-electron chi connectivity index (χ3n) is 4.29. The van der Waals surface area contributed by atoms with E-state index in [2.05, 4.69) is 15.5 Å². The zero-order valence-electron chi connectivity index (χ0n) is 12.4. The number of benzene rings is 1. The van der Waals surface area contributed by atoms with Gasteiger partial charge in [0.15, 0.2) is 6.19 Å². The zero-order chi connectivity index (χ0) is 15.4. The third kappa shape index (κ3) is 3.31. The minimum atomic E-state index is 0.00442. The largest absolute Gasteiger partial charge is 0.378 e. The molecule has 0 spiro atoms. The molecule has 1 aliphatic heterocycles. The van der Waals surface area contributed by atoms with Crippen LogP contribution in [0, 0.1) is 17.4 Å². The molecule has 3 rings (SSSR count). The Hall–Kier alpha value is -2.26. The van der Waals surface area contributed by atoms with E-state index in [9.17, 15) is 4.79 Å². The lowest BCUT2D eigenvalue weighted by atomic mass is 9.79. The van der Waals surface area contributed by atoms with Crippen LogP contribution in [0.5, 0.6) is 0 Å². The van der Waals surface area contributed by atoms with Gasteiger partial charge in [-0.3, -0.25) is 4.79 Å². The first-order valence-electron chi connectivity index (χ1n) is 7.64. The van der Waals surface area contributed by atoms with Crippen LogP contribution in [0.25, 0.3) is 0 Å². The second-order valence-corrected chi connectivity index (χ2v) is 5.76. The topological polar surface area (TPSA) is 77.4 Å². The molecular formula is C16H20N4O2. The van der Waals surface area contributed by atoms with Crippen LogP contribution in [0.1, 0.15) is 12.8 Å². The highest BCUT2D eigenvalue weighted by atomic mass is 16.5. The molecule has 0 bridgehead atoms. The first-order valence-corrected chi connectivity index (χ1v) is 7.64. The molecule has 1 saturated heterocycles. The Bertz CT molecular complexity index is 555. The molecule has 1 amide bonds. The van der Waals surface area contributed by atoms with Crippen molar-refractivity contribution < 1.29 is 9.53 Å². The monoisotopic (exact) mass is 300 g/mol. The van der Waals surface area contributed by atoms with Crippen molar-refractivity contribution in [3.05, 3.63) is 24.3 Å². The van der Waals surface area contributed by atoms with Crippen molar-refractivity contribution >= 4 is 17.3 Å². The minimum Gasteiger partial charge on any atom is -0.378 e. The van der Waals surface area contributed by atoms with E-state index in [0.29, 0.717) is 0 Å². The van der Waals surface area contributed by atoms with Crippen LogP contribution >= 0.6 is 0 Å². The van der Waals surface area contributed by atoms with Gasteiger partial charge in [0, 0.05) is 36.4 Å². The fourth-order valence-corrected chi connectivity index (χ4v) is 2.86. The van der Waals surface area contributed by atoms with Gasteiger partial charge in [-0.15, -0.1) is 0 Å². The highest BCUT2D eigenvalue weighted by Gasteiger charge is 2.34. The molecule has 22 heavy (non-hydrogen) atoms. The summed E-state index contributed by atoms with van der Waals surface area (Å²) in [6, 6.07) is 8.09. The predicted molar refractivity (Wildman–Crippen MR) is 83.4 cm³/mol. The number of anilines is 2. The molecule has 0 aromatic heterocycles. The summed E-state index contributed by atoms with van der Waals surface area (Å²) < 4.78 is 5.34. The number of hydrogen-bond acceptors (Lipinski definition) is 5. The van der Waals surface area contributed by atoms with Crippen molar-refractivity contribution in [1.29, 1.82) is 5.26 Å². The molecule has 2 fully saturated rings. The average molecular weight is 300 g/mol. The highest BCUT2D eigenvalue weighted by molar-refractivity contribution is 5.93. The molecule has 1 saturated carbocycles. The number of ether oxygens (including phenoxy) is 1. The molecule has 2 aliphatic rings. The van der Waals surface area contributed by atoms with Crippen LogP contribution in [-0.4, -0.2) is 38.3 Å². The SMILES string of the molecule is N#CN[C@H]1C[C@H](C(=O)Nc2ccc(N3CCOCC3)cc2)C1. The van der Waals surface area contributed by atoms with Crippen LogP contribution < -0.4 is 15.5 Å². The summed E-state index contributed by atoms with van der Waals surface area (Å²) >= 11 is 0. The number of nitrogens with one attached hydrogen (secondary N) is 2. The van der Waals surface area contributed by atoms with E-state index < -0.39 is 0 Å². The summed E-state index contributed by atoms with van der Waals surface area (Å²) in [6.45, 7) is 3.33. The van der Waals surface area contributed by atoms with Gasteiger partial charge >= 0.3 is 0 Å². The van der Waals surface area contributed by atoms with Gasteiger partial charge in [0.2, 0.25) is 5.91 Å². The van der Waals surface area contributed by atoms with E-state index in [4.69, 9.17) is 10.00 Å². The summed E-state index contributed by atoms with van der Waals surface area (Å²) in [5.41, 5.74) is 1.97. The molecule has 2 N–H and O–H groups in total. The quantitative estimate of drug-likeness (QED) is 0.647. The molecule has 0 unspecified atom stereocenters. The molecular weight excluding hydrogens is 280 g/mol. The van der Waals surface area contributed by atoms with Crippen LogP contribution in [0.15, 0.2) is 24.3 Å². The van der Waals surface area contributed by atoms with Crippen molar-refractivity contribution in [3.8, 4) is 6.19 Å². The van der Waals surface area contributed by atoms with Crippen LogP contribution in [-0.2, 0) is 9.53 Å². The number of amides is 1. The van der Waals surface area contributed by atoms with E-state index >= 15 is 0 Å². The standard InChI is InChI=1S/C16H20N4O2/c17-11-18-14-9-12(10-14)16(21)19-13-1-3-15(4-2-13)20-5-7-22-8-6-20/h1-4,12,14,18H,5-10H2,(H,19,21)/t12-,14-. The first-order chi connectivity index (χ1) is 10.8. The molecule has 1 aliphatic carbocycles. The van der Waals surface area contributed by atoms with E-state index in [1.165, 1.54) is 0 Å². The lowest BCUT2D eigenvalue weighted by molar-refractivity contribution is -0.122. The van der Waals surface area contributed by atoms with Gasteiger partial charge in [-0.05, 0) is 37.1 Å². The van der Waals surface area contributed by atoms with Crippen LogP contribution in [0.4, 0.5) is 11.4 Å². The summed E-state index contributed by atoms with van der Waals surface area (Å²) in [7, 11) is 0. The van der Waals surface area contributed by atoms with Gasteiger partial charge in [-0.2, -0.15) is 5.26 Å². The molecule has 1 heterocycles. The summed E-state index contributed by atoms with van der Waals surface area (Å²) in [6.07, 6.45) is 3.38. The van der Waals surface area contributed by atoms with Crippen molar-refractivity contribution in [3.63, 3.8) is 0 Å². The second kappa shape index (κ2) is 6.67. The Morgan fingerprint density at radius 3 is 2.55 bits per heavy atom. The Labute approximate surface area is 130 Å². The molecule has 1 aromatic carbocycles. The Balaban J connectivity index is 1.51. The van der Waals surface area contributed by atoms with Gasteiger partial charge < -0.3 is 20.3 Å². The van der Waals surface area contributed by atoms with Crippen molar-refractivity contribution in [2.45, 2.75) is 18.9 Å². The van der Waals surface area contributed by atoms with Crippen molar-refractivity contribution in [1.82, 2.24) is 5.32 Å². The van der Waals surface area contributed by atoms with Crippen LogP contribution in [0.3, 0.4) is 0 Å². The van der Waals surface area contributed by atoms with E-state index in [-0.39, 0.29) is 17.9 Å². The number of hydrogen-bond donors (Lipinski definition) is 2. The number of morpholine rings is 1. The van der Waals surface area contributed by atoms with Crippen LogP contribution in [0.2, 0.25) is 0 Å². The minimum absolute atomic E-state index is 0.00442. The maximum absolute atomic E-state index is 12.1. The zero-order valence-corrected chi connectivity index (χ0v) is 12.4. The van der Waals surface area contributed by atoms with Gasteiger partial charge in [-0.1, -0.05) is 0 Å². The number of carbonyl (C=O) groups excluding carboxylic acids is 1. The number of nitrogens with zero attached hydrogens (tertiary/aromatic N) is 2. The van der Waals surface area contributed by atoms with Crippen molar-refractivity contribution in [2.75, 3.05) is 36.5 Å². The van der Waals surface area contributed by atoms with Gasteiger partial charge in [0.05, 0.1) is 13.2 Å². The molecule has 0 atom stereocenters. The number of carbonyl (C=O) groups is 1. The predicted octanol–water partition coefficient (Wildman–Crippen LogP) is 1.31. The van der Waals surface area contributed by atoms with E-state index in [1.807, 2.05) is 30.5 Å². The Morgan fingerprint density at radius 2 is 1.91 bits per heavy atom. The fourth-order valence-electron chi connectivity index (χ4n) is 2.86. The highest BCUT2D eigenvalue weighted by Crippen LogP contribution is 2.28. The lowest BCUT2D eigenvalue weighted by Crippen LogP contribution is -2.44. The molecule has 1 aromatic rings. The van der Waals surface area contributed by atoms with Crippen molar-refractivity contribution in [2.24, 2.45) is 5.92 Å². The fraction of sp³-hybridized carbons (Fsp3) is 0.500. The maximum Gasteiger partial charge on any atom is 0.227 e. The lowest BCUT2D eigenvalue weighted by Gasteiger charge is -2.33. The Morgan fingerprint density at radius 1 is 1.23 bits per heavy atom. The first kappa shape index (κ1) is 14.7. The molecule has 116 valence electrons. The number of nitriles is 1. The summed E-state index contributed by atoms with van der Waals surface area (Å²) in [5.74, 6) is 0.0416. The van der Waals surface area contributed by atoms with Gasteiger partial charge in [0.25, 0.3) is 0 Å². The Kier molecular flexibility index (Phi) is 4.45. The van der Waals surface area contributed by atoms with Gasteiger partial charge in [0.1, 0.15) is 0 Å². The summed E-state index contributed by atoms with van der Waals surface area (Å²) in [4.78, 5) is 14.4. The molecule has 6 heteroatoms. The number of rotatable bonds is 4. The second-order valence-electron chi connectivity index (χ2n) is 5.76. The molecule has 6 nitrogen and oxygen atoms in total. The third-order valence-corrected chi connectivity index (χ3v) is 4.29.